The van der Waals surface area contributed by atoms with E-state index in [1.165, 1.54) is 0 Å². The number of pyridine rings is 1. The third-order valence-electron chi connectivity index (χ3n) is 3.30. The Hall–Kier alpha value is -1.33. The quantitative estimate of drug-likeness (QED) is 0.879. The van der Waals surface area contributed by atoms with E-state index < -0.39 is 0 Å². The van der Waals surface area contributed by atoms with Gasteiger partial charge < -0.3 is 15.7 Å². The van der Waals surface area contributed by atoms with Crippen molar-refractivity contribution < 1.29 is 5.11 Å². The molecule has 0 atom stereocenters. The van der Waals surface area contributed by atoms with Crippen molar-refractivity contribution in [1.82, 2.24) is 4.98 Å². The van der Waals surface area contributed by atoms with Crippen LogP contribution in [0.5, 0.6) is 0 Å². The zero-order valence-corrected chi connectivity index (χ0v) is 13.4. The minimum Gasteiger partial charge on any atom is -0.396 e. The predicted octanol–water partition coefficient (Wildman–Crippen LogP) is 3.18. The van der Waals surface area contributed by atoms with Gasteiger partial charge in [0.15, 0.2) is 0 Å². The lowest BCUT2D eigenvalue weighted by Gasteiger charge is -2.31. The van der Waals surface area contributed by atoms with Crippen LogP contribution < -0.4 is 10.6 Å². The van der Waals surface area contributed by atoms with Crippen LogP contribution in [0.3, 0.4) is 0 Å². The summed E-state index contributed by atoms with van der Waals surface area (Å²) in [5.41, 5.74) is 8.76. The van der Waals surface area contributed by atoms with Crippen LogP contribution >= 0.6 is 15.9 Å². The summed E-state index contributed by atoms with van der Waals surface area (Å²) in [5, 5.41) is 10.1. The van der Waals surface area contributed by atoms with Crippen molar-refractivity contribution in [2.75, 3.05) is 23.8 Å². The third-order valence-corrected chi connectivity index (χ3v) is 3.79. The standard InChI is InChI=1S/C15H20BrN3O/c1-10(2)19(6-3-7-20)15-12-8-11(16)4-5-14(12)18-9-13(15)17/h4-5,8-10,20H,3,6-7,17H2,1-2H3. The maximum atomic E-state index is 9.09. The Morgan fingerprint density at radius 3 is 2.80 bits per heavy atom. The molecular formula is C15H20BrN3O. The van der Waals surface area contributed by atoms with E-state index >= 15 is 0 Å². The summed E-state index contributed by atoms with van der Waals surface area (Å²) in [4.78, 5) is 6.61. The van der Waals surface area contributed by atoms with Crippen molar-refractivity contribution >= 4 is 38.2 Å². The Kier molecular flexibility index (Phi) is 4.83. The normalized spacial score (nSPS) is 11.2. The van der Waals surface area contributed by atoms with Crippen molar-refractivity contribution in [2.24, 2.45) is 0 Å². The molecule has 0 bridgehead atoms. The first-order valence-corrected chi connectivity index (χ1v) is 7.55. The summed E-state index contributed by atoms with van der Waals surface area (Å²) in [6.07, 6.45) is 2.43. The van der Waals surface area contributed by atoms with Gasteiger partial charge in [-0.3, -0.25) is 4.98 Å². The summed E-state index contributed by atoms with van der Waals surface area (Å²) in [7, 11) is 0. The molecule has 2 aromatic rings. The molecule has 1 aromatic carbocycles. The number of hydrogen-bond donors (Lipinski definition) is 2. The maximum Gasteiger partial charge on any atom is 0.0745 e. The molecule has 0 aliphatic carbocycles. The number of nitrogens with two attached hydrogens (primary N) is 1. The summed E-state index contributed by atoms with van der Waals surface area (Å²) in [6, 6.07) is 6.30. The van der Waals surface area contributed by atoms with E-state index in [1.807, 2.05) is 18.2 Å². The first kappa shape index (κ1) is 15.1. The Morgan fingerprint density at radius 2 is 2.15 bits per heavy atom. The molecule has 5 heteroatoms. The Labute approximate surface area is 127 Å². The third kappa shape index (κ3) is 3.04. The molecule has 0 aliphatic rings. The molecule has 108 valence electrons. The Bertz CT molecular complexity index is 596. The summed E-state index contributed by atoms with van der Waals surface area (Å²) >= 11 is 3.50. The fraction of sp³-hybridized carbons (Fsp3) is 0.400. The van der Waals surface area contributed by atoms with Crippen LogP contribution in [0, 0.1) is 0 Å². The minimum atomic E-state index is 0.176. The van der Waals surface area contributed by atoms with Gasteiger partial charge in [0.1, 0.15) is 0 Å². The second-order valence-electron chi connectivity index (χ2n) is 5.09. The van der Waals surface area contributed by atoms with Crippen molar-refractivity contribution in [3.05, 3.63) is 28.9 Å². The van der Waals surface area contributed by atoms with E-state index in [0.29, 0.717) is 11.7 Å². The van der Waals surface area contributed by atoms with Crippen molar-refractivity contribution in [2.45, 2.75) is 26.3 Å². The molecule has 0 unspecified atom stereocenters. The molecule has 0 fully saturated rings. The number of benzene rings is 1. The second-order valence-corrected chi connectivity index (χ2v) is 6.00. The van der Waals surface area contributed by atoms with Crippen LogP contribution in [0.15, 0.2) is 28.9 Å². The Morgan fingerprint density at radius 1 is 1.40 bits per heavy atom. The van der Waals surface area contributed by atoms with Gasteiger partial charge in [0, 0.05) is 29.1 Å². The second kappa shape index (κ2) is 6.41. The van der Waals surface area contributed by atoms with Gasteiger partial charge in [0.2, 0.25) is 0 Å². The smallest absolute Gasteiger partial charge is 0.0745 e. The van der Waals surface area contributed by atoms with Gasteiger partial charge in [0.25, 0.3) is 0 Å². The number of halogens is 1. The first-order chi connectivity index (χ1) is 9.54. The van der Waals surface area contributed by atoms with Gasteiger partial charge in [-0.25, -0.2) is 0 Å². The first-order valence-electron chi connectivity index (χ1n) is 6.76. The van der Waals surface area contributed by atoms with Crippen molar-refractivity contribution in [3.8, 4) is 0 Å². The highest BCUT2D eigenvalue weighted by atomic mass is 79.9. The number of nitrogens with zero attached hydrogens (tertiary/aromatic N) is 2. The molecule has 0 aliphatic heterocycles. The van der Waals surface area contributed by atoms with Crippen molar-refractivity contribution in [3.63, 3.8) is 0 Å². The van der Waals surface area contributed by atoms with Crippen LogP contribution in [-0.4, -0.2) is 29.3 Å². The SMILES string of the molecule is CC(C)N(CCCO)c1c(N)cnc2ccc(Br)cc12. The van der Waals surface area contributed by atoms with Gasteiger partial charge >= 0.3 is 0 Å². The highest BCUT2D eigenvalue weighted by Crippen LogP contribution is 2.34. The lowest BCUT2D eigenvalue weighted by atomic mass is 10.1. The highest BCUT2D eigenvalue weighted by Gasteiger charge is 2.17. The van der Waals surface area contributed by atoms with Crippen LogP contribution in [0.4, 0.5) is 11.4 Å². The molecule has 20 heavy (non-hydrogen) atoms. The number of anilines is 2. The van der Waals surface area contributed by atoms with E-state index in [0.717, 1.165) is 34.0 Å². The monoisotopic (exact) mass is 337 g/mol. The summed E-state index contributed by atoms with van der Waals surface area (Å²) in [5.74, 6) is 0. The van der Waals surface area contributed by atoms with Gasteiger partial charge in [0.05, 0.1) is 23.1 Å². The van der Waals surface area contributed by atoms with E-state index in [4.69, 9.17) is 10.8 Å². The molecule has 2 rings (SSSR count). The highest BCUT2D eigenvalue weighted by molar-refractivity contribution is 9.10. The predicted molar refractivity (Wildman–Crippen MR) is 88.0 cm³/mol. The number of nitrogen functional groups attached to an aromatic ring is 1. The number of aliphatic hydroxyl groups is 1. The molecular weight excluding hydrogens is 318 g/mol. The fourth-order valence-corrected chi connectivity index (χ4v) is 2.72. The van der Waals surface area contributed by atoms with Crippen LogP contribution in [0.1, 0.15) is 20.3 Å². The average Bonchev–Trinajstić information content (AvgIpc) is 2.41. The molecule has 4 nitrogen and oxygen atoms in total. The molecule has 3 N–H and O–H groups in total. The van der Waals surface area contributed by atoms with E-state index in [1.54, 1.807) is 6.20 Å². The zero-order chi connectivity index (χ0) is 14.7. The minimum absolute atomic E-state index is 0.176. The lowest BCUT2D eigenvalue weighted by molar-refractivity contribution is 0.288. The molecule has 0 saturated carbocycles. The molecule has 0 saturated heterocycles. The number of rotatable bonds is 5. The van der Waals surface area contributed by atoms with Gasteiger partial charge in [-0.15, -0.1) is 0 Å². The number of aliphatic hydroxyl groups excluding tert-OH is 1. The van der Waals surface area contributed by atoms with Crippen molar-refractivity contribution in [1.29, 1.82) is 0 Å². The fourth-order valence-electron chi connectivity index (χ4n) is 2.36. The van der Waals surface area contributed by atoms with Gasteiger partial charge in [-0.05, 0) is 38.5 Å². The van der Waals surface area contributed by atoms with Gasteiger partial charge in [-0.2, -0.15) is 0 Å². The lowest BCUT2D eigenvalue weighted by Crippen LogP contribution is -2.33. The molecule has 1 heterocycles. The largest absolute Gasteiger partial charge is 0.396 e. The van der Waals surface area contributed by atoms with Gasteiger partial charge in [-0.1, -0.05) is 15.9 Å². The molecule has 0 radical (unpaired) electrons. The Balaban J connectivity index is 2.59. The number of fused-ring (bicyclic) bond motifs is 1. The molecule has 0 spiro atoms. The van der Waals surface area contributed by atoms with Crippen LogP contribution in [0.2, 0.25) is 0 Å². The van der Waals surface area contributed by atoms with E-state index in [-0.39, 0.29) is 6.61 Å². The van der Waals surface area contributed by atoms with E-state index in [2.05, 4.69) is 39.7 Å². The van der Waals surface area contributed by atoms with Crippen LogP contribution in [-0.2, 0) is 0 Å². The molecule has 1 aromatic heterocycles. The van der Waals surface area contributed by atoms with E-state index in [9.17, 15) is 0 Å². The van der Waals surface area contributed by atoms with Crippen LogP contribution in [0.25, 0.3) is 10.9 Å². The number of aromatic nitrogens is 1. The maximum absolute atomic E-state index is 9.09. The topological polar surface area (TPSA) is 62.4 Å². The molecule has 0 amide bonds. The average molecular weight is 338 g/mol. The number of hydrogen-bond acceptors (Lipinski definition) is 4. The summed E-state index contributed by atoms with van der Waals surface area (Å²) < 4.78 is 1.00. The summed E-state index contributed by atoms with van der Waals surface area (Å²) in [6.45, 7) is 5.20. The zero-order valence-electron chi connectivity index (χ0n) is 11.8.